The normalized spacial score (nSPS) is 16.4. The minimum atomic E-state index is -0.597. The van der Waals surface area contributed by atoms with Gasteiger partial charge in [0.2, 0.25) is 5.91 Å². The van der Waals surface area contributed by atoms with E-state index in [4.69, 9.17) is 4.74 Å². The molecule has 0 aliphatic heterocycles. The number of rotatable bonds is 3. The fourth-order valence-electron chi connectivity index (χ4n) is 2.75. The van der Waals surface area contributed by atoms with Crippen molar-refractivity contribution in [1.29, 1.82) is 0 Å². The van der Waals surface area contributed by atoms with Crippen LogP contribution in [0.3, 0.4) is 0 Å². The Morgan fingerprint density at radius 2 is 2.21 bits per heavy atom. The average Bonchev–Trinajstić information content (AvgIpc) is 2.90. The summed E-state index contributed by atoms with van der Waals surface area (Å²) in [5, 5.41) is 3.32. The van der Waals surface area contributed by atoms with E-state index in [2.05, 4.69) is 10.3 Å². The number of ether oxygens (including phenoxy) is 1. The summed E-state index contributed by atoms with van der Waals surface area (Å²) in [6.07, 6.45) is 2.24. The van der Waals surface area contributed by atoms with E-state index in [0.29, 0.717) is 0 Å². The summed E-state index contributed by atoms with van der Waals surface area (Å²) in [6, 6.07) is 3.79. The maximum absolute atomic E-state index is 13.7. The highest BCUT2D eigenvalue weighted by molar-refractivity contribution is 7.11. The van der Waals surface area contributed by atoms with Gasteiger partial charge in [-0.15, -0.1) is 11.3 Å². The molecular formula is C17H17FN2O3S. The fraction of sp³-hybridized carbons (Fsp3) is 0.353. The lowest BCUT2D eigenvalue weighted by atomic mass is 10.0. The van der Waals surface area contributed by atoms with E-state index in [1.54, 1.807) is 11.3 Å². The number of amides is 1. The predicted molar refractivity (Wildman–Crippen MR) is 88.6 cm³/mol. The lowest BCUT2D eigenvalue weighted by Crippen LogP contribution is -2.16. The molecule has 3 rings (SSSR count). The van der Waals surface area contributed by atoms with Gasteiger partial charge in [-0.05, 0) is 44.4 Å². The molecule has 2 aromatic rings. The summed E-state index contributed by atoms with van der Waals surface area (Å²) < 4.78 is 19.3. The van der Waals surface area contributed by atoms with Gasteiger partial charge in [0.1, 0.15) is 11.9 Å². The van der Waals surface area contributed by atoms with Crippen molar-refractivity contribution in [2.45, 2.75) is 39.2 Å². The van der Waals surface area contributed by atoms with E-state index >= 15 is 0 Å². The Kier molecular flexibility index (Phi) is 4.62. The third kappa shape index (κ3) is 3.46. The summed E-state index contributed by atoms with van der Waals surface area (Å²) in [5.41, 5.74) is 1.17. The Balaban J connectivity index is 1.79. The van der Waals surface area contributed by atoms with Gasteiger partial charge in [-0.1, -0.05) is 0 Å². The van der Waals surface area contributed by atoms with E-state index < -0.39 is 17.7 Å². The van der Waals surface area contributed by atoms with Gasteiger partial charge in [0.15, 0.2) is 0 Å². The number of anilines is 1. The van der Waals surface area contributed by atoms with Crippen molar-refractivity contribution in [2.75, 3.05) is 5.32 Å². The highest BCUT2D eigenvalue weighted by atomic mass is 32.1. The first-order valence-corrected chi connectivity index (χ1v) is 8.50. The Bertz CT molecular complexity index is 803. The summed E-state index contributed by atoms with van der Waals surface area (Å²) >= 11 is 1.54. The van der Waals surface area contributed by atoms with Crippen LogP contribution in [-0.4, -0.2) is 16.9 Å². The predicted octanol–water partition coefficient (Wildman–Crippen LogP) is 3.78. The molecule has 5 nitrogen and oxygen atoms in total. The molecule has 1 N–H and O–H groups in total. The minimum Gasteiger partial charge on any atom is -0.453 e. The Morgan fingerprint density at radius 1 is 1.42 bits per heavy atom. The first kappa shape index (κ1) is 16.6. The standard InChI is InChI=1S/C17H17FN2O3S/c1-9(21)19-14-8-11(6-7-12(14)18)17(22)23-15-5-3-4-13-16(15)24-10(2)20-13/h6-8,15H,3-5H2,1-2H3,(H,19,21). The number of thiazole rings is 1. The van der Waals surface area contributed by atoms with Gasteiger partial charge in [-0.25, -0.2) is 14.2 Å². The van der Waals surface area contributed by atoms with Crippen molar-refractivity contribution in [3.63, 3.8) is 0 Å². The molecule has 0 fully saturated rings. The van der Waals surface area contributed by atoms with Crippen LogP contribution in [0.4, 0.5) is 10.1 Å². The molecule has 1 unspecified atom stereocenters. The number of hydrogen-bond acceptors (Lipinski definition) is 5. The third-order valence-electron chi connectivity index (χ3n) is 3.77. The van der Waals surface area contributed by atoms with E-state index in [-0.39, 0.29) is 17.4 Å². The maximum atomic E-state index is 13.7. The van der Waals surface area contributed by atoms with Crippen LogP contribution < -0.4 is 5.32 Å². The number of carbonyl (C=O) groups excluding carboxylic acids is 2. The highest BCUT2D eigenvalue weighted by Crippen LogP contribution is 2.37. The van der Waals surface area contributed by atoms with Crippen LogP contribution in [0, 0.1) is 12.7 Å². The van der Waals surface area contributed by atoms with Crippen LogP contribution >= 0.6 is 11.3 Å². The lowest BCUT2D eigenvalue weighted by molar-refractivity contribution is -0.114. The Morgan fingerprint density at radius 3 is 2.96 bits per heavy atom. The average molecular weight is 348 g/mol. The zero-order valence-corrected chi connectivity index (χ0v) is 14.2. The molecule has 1 aliphatic carbocycles. The molecule has 1 amide bonds. The fourth-order valence-corrected chi connectivity index (χ4v) is 3.79. The second-order valence-electron chi connectivity index (χ2n) is 5.71. The third-order valence-corrected chi connectivity index (χ3v) is 4.87. The molecule has 1 aliphatic rings. The molecule has 0 saturated carbocycles. The van der Waals surface area contributed by atoms with Crippen molar-refractivity contribution in [1.82, 2.24) is 4.98 Å². The van der Waals surface area contributed by atoms with Gasteiger partial charge in [-0.2, -0.15) is 0 Å². The largest absolute Gasteiger partial charge is 0.453 e. The van der Waals surface area contributed by atoms with Crippen molar-refractivity contribution < 1.29 is 18.7 Å². The highest BCUT2D eigenvalue weighted by Gasteiger charge is 2.27. The lowest BCUT2D eigenvalue weighted by Gasteiger charge is -2.21. The number of nitrogens with zero attached hydrogens (tertiary/aromatic N) is 1. The zero-order chi connectivity index (χ0) is 17.3. The molecule has 24 heavy (non-hydrogen) atoms. The summed E-state index contributed by atoms with van der Waals surface area (Å²) in [6.45, 7) is 3.21. The number of aromatic nitrogens is 1. The molecular weight excluding hydrogens is 331 g/mol. The SMILES string of the molecule is CC(=O)Nc1cc(C(=O)OC2CCCc3nc(C)sc32)ccc1F. The molecule has 0 radical (unpaired) electrons. The zero-order valence-electron chi connectivity index (χ0n) is 13.4. The minimum absolute atomic E-state index is 0.0325. The molecule has 1 atom stereocenters. The van der Waals surface area contributed by atoms with Gasteiger partial charge in [0.05, 0.1) is 26.8 Å². The van der Waals surface area contributed by atoms with Gasteiger partial charge >= 0.3 is 5.97 Å². The topological polar surface area (TPSA) is 68.3 Å². The number of nitrogens with one attached hydrogen (secondary N) is 1. The summed E-state index contributed by atoms with van der Waals surface area (Å²) in [5.74, 6) is -1.54. The van der Waals surface area contributed by atoms with E-state index in [9.17, 15) is 14.0 Å². The van der Waals surface area contributed by atoms with Crippen LogP contribution in [0.15, 0.2) is 18.2 Å². The van der Waals surface area contributed by atoms with Gasteiger partial charge in [-0.3, -0.25) is 4.79 Å². The maximum Gasteiger partial charge on any atom is 0.338 e. The van der Waals surface area contributed by atoms with Crippen molar-refractivity contribution >= 4 is 28.9 Å². The number of fused-ring (bicyclic) bond motifs is 1. The van der Waals surface area contributed by atoms with Crippen molar-refractivity contribution in [2.24, 2.45) is 0 Å². The molecule has 0 bridgehead atoms. The summed E-state index contributed by atoms with van der Waals surface area (Å²) in [4.78, 5) is 29.0. The number of hydrogen-bond donors (Lipinski definition) is 1. The monoisotopic (exact) mass is 348 g/mol. The van der Waals surface area contributed by atoms with E-state index in [1.807, 2.05) is 6.92 Å². The number of halogens is 1. The summed E-state index contributed by atoms with van der Waals surface area (Å²) in [7, 11) is 0. The molecule has 1 aromatic heterocycles. The Hall–Kier alpha value is -2.28. The van der Waals surface area contributed by atoms with Crippen LogP contribution in [0.1, 0.15) is 51.8 Å². The molecule has 0 saturated heterocycles. The quantitative estimate of drug-likeness (QED) is 0.857. The smallest absolute Gasteiger partial charge is 0.338 e. The van der Waals surface area contributed by atoms with E-state index in [0.717, 1.165) is 40.9 Å². The van der Waals surface area contributed by atoms with E-state index in [1.165, 1.54) is 19.1 Å². The first-order valence-electron chi connectivity index (χ1n) is 7.68. The van der Waals surface area contributed by atoms with Crippen molar-refractivity contribution in [3.8, 4) is 0 Å². The number of aryl methyl sites for hydroxylation is 2. The van der Waals surface area contributed by atoms with Gasteiger partial charge in [0, 0.05) is 6.92 Å². The van der Waals surface area contributed by atoms with Gasteiger partial charge < -0.3 is 10.1 Å². The van der Waals surface area contributed by atoms with Crippen LogP contribution in [0.5, 0.6) is 0 Å². The second kappa shape index (κ2) is 6.68. The number of carbonyl (C=O) groups is 2. The second-order valence-corrected chi connectivity index (χ2v) is 6.94. The molecule has 1 aromatic carbocycles. The molecule has 1 heterocycles. The van der Waals surface area contributed by atoms with Crippen LogP contribution in [0.2, 0.25) is 0 Å². The number of benzene rings is 1. The molecule has 7 heteroatoms. The Labute approximate surface area is 142 Å². The number of esters is 1. The molecule has 126 valence electrons. The van der Waals surface area contributed by atoms with Crippen LogP contribution in [0.25, 0.3) is 0 Å². The van der Waals surface area contributed by atoms with Crippen LogP contribution in [-0.2, 0) is 16.0 Å². The first-order chi connectivity index (χ1) is 11.4. The van der Waals surface area contributed by atoms with Crippen molar-refractivity contribution in [3.05, 3.63) is 45.2 Å². The van der Waals surface area contributed by atoms with Gasteiger partial charge in [0.25, 0.3) is 0 Å². The molecule has 0 spiro atoms.